The number of carbonyl (C=O) groups excluding carboxylic acids is 1. The zero-order valence-corrected chi connectivity index (χ0v) is 44.3. The zero-order valence-electron chi connectivity index (χ0n) is 44.3. The van der Waals surface area contributed by atoms with Crippen LogP contribution in [0.15, 0.2) is 72.9 Å². The lowest BCUT2D eigenvalue weighted by atomic mass is 9.99. The second kappa shape index (κ2) is 49.2. The molecular formula is C60H107NO8. The number of unbranched alkanes of at least 4 members (excludes halogenated alkanes) is 28. The number of rotatable bonds is 48. The minimum Gasteiger partial charge on any atom is -0.394 e. The molecule has 0 bridgehead atoms. The third-order valence-electron chi connectivity index (χ3n) is 13.2. The Morgan fingerprint density at radius 1 is 0.493 bits per heavy atom. The van der Waals surface area contributed by atoms with E-state index in [-0.39, 0.29) is 12.5 Å². The van der Waals surface area contributed by atoms with E-state index in [9.17, 15) is 30.3 Å². The standard InChI is InChI=1S/C60H107NO8/c1-3-5-7-9-11-13-15-17-18-19-20-21-22-23-24-25-26-27-28-29-30-31-32-33-34-35-36-38-40-42-44-46-48-50-56(64)61-53(52-68-60-59(67)58(66)57(65)55(51-62)69-60)54(63)49-47-45-43-41-39-37-16-14-12-10-8-6-4-2/h12,14-15,17,19-20,22-23,39,41,47,49,53-55,57-60,62-63,65-67H,3-11,13,16,18,21,24-38,40,42-46,48,50-52H2,1-2H3,(H,61,64)/b14-12+,17-15-,20-19-,23-22-,41-39+,49-47+. The van der Waals surface area contributed by atoms with Crippen molar-refractivity contribution in [2.75, 3.05) is 13.2 Å². The number of aliphatic hydroxyl groups excluding tert-OH is 5. The van der Waals surface area contributed by atoms with Gasteiger partial charge in [-0.15, -0.1) is 0 Å². The lowest BCUT2D eigenvalue weighted by molar-refractivity contribution is -0.302. The number of allylic oxidation sites excluding steroid dienone is 11. The van der Waals surface area contributed by atoms with E-state index >= 15 is 0 Å². The molecule has 1 heterocycles. The number of ether oxygens (including phenoxy) is 2. The summed E-state index contributed by atoms with van der Waals surface area (Å²) in [5.41, 5.74) is 0. The Kier molecular flexibility index (Phi) is 46.1. The molecule has 1 saturated heterocycles. The van der Waals surface area contributed by atoms with Crippen molar-refractivity contribution in [1.82, 2.24) is 5.32 Å². The minimum atomic E-state index is -1.58. The summed E-state index contributed by atoms with van der Waals surface area (Å²) in [7, 11) is 0. The Hall–Kier alpha value is -2.37. The molecule has 1 aliphatic rings. The highest BCUT2D eigenvalue weighted by Crippen LogP contribution is 2.23. The fourth-order valence-electron chi connectivity index (χ4n) is 8.67. The van der Waals surface area contributed by atoms with Crippen molar-refractivity contribution in [2.45, 2.75) is 288 Å². The van der Waals surface area contributed by atoms with Gasteiger partial charge in [-0.25, -0.2) is 0 Å². The second-order valence-electron chi connectivity index (χ2n) is 19.7. The van der Waals surface area contributed by atoms with Crippen molar-refractivity contribution < 1.29 is 39.8 Å². The first-order valence-corrected chi connectivity index (χ1v) is 28.7. The Balaban J connectivity index is 2.14. The fourth-order valence-corrected chi connectivity index (χ4v) is 8.67. The topological polar surface area (TPSA) is 149 Å². The molecule has 0 radical (unpaired) electrons. The molecule has 0 spiro atoms. The lowest BCUT2D eigenvalue weighted by Crippen LogP contribution is -2.60. The van der Waals surface area contributed by atoms with Crippen LogP contribution in [0.1, 0.15) is 245 Å². The van der Waals surface area contributed by atoms with Crippen LogP contribution in [0, 0.1) is 0 Å². The summed E-state index contributed by atoms with van der Waals surface area (Å²) in [5.74, 6) is -0.192. The maximum Gasteiger partial charge on any atom is 0.220 e. The lowest BCUT2D eigenvalue weighted by Gasteiger charge is -2.40. The molecule has 7 unspecified atom stereocenters. The van der Waals surface area contributed by atoms with E-state index in [1.807, 2.05) is 6.08 Å². The van der Waals surface area contributed by atoms with Gasteiger partial charge in [-0.1, -0.05) is 228 Å². The van der Waals surface area contributed by atoms with E-state index in [0.29, 0.717) is 6.42 Å². The quantitative estimate of drug-likeness (QED) is 0.0261. The number of amides is 1. The highest BCUT2D eigenvalue weighted by Gasteiger charge is 2.44. The molecule has 9 heteroatoms. The molecule has 0 aromatic heterocycles. The number of hydrogen-bond acceptors (Lipinski definition) is 8. The van der Waals surface area contributed by atoms with Crippen molar-refractivity contribution in [3.8, 4) is 0 Å². The molecule has 0 aromatic rings. The Morgan fingerprint density at radius 3 is 1.35 bits per heavy atom. The average molecular weight is 971 g/mol. The van der Waals surface area contributed by atoms with Crippen LogP contribution in [-0.2, 0) is 14.3 Å². The van der Waals surface area contributed by atoms with E-state index in [4.69, 9.17) is 9.47 Å². The van der Waals surface area contributed by atoms with Crippen LogP contribution >= 0.6 is 0 Å². The summed E-state index contributed by atoms with van der Waals surface area (Å²) < 4.78 is 11.2. The highest BCUT2D eigenvalue weighted by atomic mass is 16.7. The first kappa shape index (κ1) is 64.6. The predicted molar refractivity (Wildman–Crippen MR) is 290 cm³/mol. The fraction of sp³-hybridized carbons (Fsp3) is 0.783. The van der Waals surface area contributed by atoms with Crippen molar-refractivity contribution in [3.05, 3.63) is 72.9 Å². The second-order valence-corrected chi connectivity index (χ2v) is 19.7. The van der Waals surface area contributed by atoms with Crippen LogP contribution in [0.2, 0.25) is 0 Å². The smallest absolute Gasteiger partial charge is 0.220 e. The van der Waals surface area contributed by atoms with Gasteiger partial charge in [0.2, 0.25) is 5.91 Å². The van der Waals surface area contributed by atoms with Crippen LogP contribution in [-0.4, -0.2) is 87.5 Å². The van der Waals surface area contributed by atoms with Gasteiger partial charge in [0.1, 0.15) is 24.4 Å². The van der Waals surface area contributed by atoms with Crippen LogP contribution < -0.4 is 5.32 Å². The molecular weight excluding hydrogens is 863 g/mol. The molecule has 7 atom stereocenters. The number of carbonyl (C=O) groups is 1. The number of hydrogen-bond donors (Lipinski definition) is 6. The normalized spacial score (nSPS) is 20.0. The highest BCUT2D eigenvalue weighted by molar-refractivity contribution is 5.76. The first-order valence-electron chi connectivity index (χ1n) is 28.7. The Labute approximate surface area is 423 Å². The maximum atomic E-state index is 13.0. The molecule has 1 fully saturated rings. The molecule has 9 nitrogen and oxygen atoms in total. The number of aliphatic hydroxyl groups is 5. The van der Waals surface area contributed by atoms with Crippen LogP contribution in [0.5, 0.6) is 0 Å². The van der Waals surface area contributed by atoms with Gasteiger partial charge in [-0.2, -0.15) is 0 Å². The van der Waals surface area contributed by atoms with Crippen molar-refractivity contribution in [2.24, 2.45) is 0 Å². The van der Waals surface area contributed by atoms with Gasteiger partial charge in [0.05, 0.1) is 25.4 Å². The molecule has 0 aromatic carbocycles. The van der Waals surface area contributed by atoms with Crippen molar-refractivity contribution in [3.63, 3.8) is 0 Å². The molecule has 400 valence electrons. The summed E-state index contributed by atoms with van der Waals surface area (Å²) in [6.45, 7) is 3.71. The van der Waals surface area contributed by atoms with Gasteiger partial charge in [0, 0.05) is 6.42 Å². The van der Waals surface area contributed by atoms with E-state index in [0.717, 1.165) is 64.2 Å². The van der Waals surface area contributed by atoms with Crippen LogP contribution in [0.4, 0.5) is 0 Å². The van der Waals surface area contributed by atoms with Crippen molar-refractivity contribution >= 4 is 5.91 Å². The molecule has 6 N–H and O–H groups in total. The SMILES string of the molecule is CCCCC/C=C/CC/C=C/CC/C=C/C(O)C(COC1OC(CO)C(O)C(O)C1O)NC(=O)CCCCCCCCCCCCCCCCCCCC/C=C\C/C=C\C/C=C\CCCCCCC. The number of nitrogens with one attached hydrogen (secondary N) is 1. The van der Waals surface area contributed by atoms with E-state index in [2.05, 4.69) is 79.9 Å². The molecule has 69 heavy (non-hydrogen) atoms. The summed E-state index contributed by atoms with van der Waals surface area (Å²) in [4.78, 5) is 13.0. The van der Waals surface area contributed by atoms with Crippen LogP contribution in [0.25, 0.3) is 0 Å². The van der Waals surface area contributed by atoms with Gasteiger partial charge in [-0.3, -0.25) is 4.79 Å². The van der Waals surface area contributed by atoms with Gasteiger partial charge in [-0.05, 0) is 83.5 Å². The molecule has 1 amide bonds. The maximum absolute atomic E-state index is 13.0. The van der Waals surface area contributed by atoms with Gasteiger partial charge in [0.25, 0.3) is 0 Å². The molecule has 1 rings (SSSR count). The van der Waals surface area contributed by atoms with E-state index in [1.165, 1.54) is 161 Å². The van der Waals surface area contributed by atoms with Gasteiger partial charge >= 0.3 is 0 Å². The largest absolute Gasteiger partial charge is 0.394 e. The van der Waals surface area contributed by atoms with Crippen molar-refractivity contribution in [1.29, 1.82) is 0 Å². The average Bonchev–Trinajstić information content (AvgIpc) is 3.35. The summed E-state index contributed by atoms with van der Waals surface area (Å²) in [6.07, 6.45) is 61.3. The van der Waals surface area contributed by atoms with E-state index < -0.39 is 49.5 Å². The molecule has 0 aliphatic carbocycles. The van der Waals surface area contributed by atoms with E-state index in [1.54, 1.807) is 6.08 Å². The molecule has 1 aliphatic heterocycles. The Bertz CT molecular complexity index is 1310. The minimum absolute atomic E-state index is 0.192. The first-order chi connectivity index (χ1) is 33.8. The summed E-state index contributed by atoms with van der Waals surface area (Å²) >= 11 is 0. The predicted octanol–water partition coefficient (Wildman–Crippen LogP) is 14.1. The summed E-state index contributed by atoms with van der Waals surface area (Å²) in [5, 5.41) is 54.3. The monoisotopic (exact) mass is 970 g/mol. The van der Waals surface area contributed by atoms with Gasteiger partial charge < -0.3 is 40.3 Å². The Morgan fingerprint density at radius 2 is 0.870 bits per heavy atom. The van der Waals surface area contributed by atoms with Gasteiger partial charge in [0.15, 0.2) is 6.29 Å². The molecule has 0 saturated carbocycles. The summed E-state index contributed by atoms with van der Waals surface area (Å²) in [6, 6.07) is -0.829. The zero-order chi connectivity index (χ0) is 50.1. The van der Waals surface area contributed by atoms with Crippen LogP contribution in [0.3, 0.4) is 0 Å². The third-order valence-corrected chi connectivity index (χ3v) is 13.2. The third kappa shape index (κ3) is 38.9.